The summed E-state index contributed by atoms with van der Waals surface area (Å²) in [6.45, 7) is 0.0389. The van der Waals surface area contributed by atoms with E-state index in [2.05, 4.69) is 10.4 Å². The van der Waals surface area contributed by atoms with Crippen LogP contribution in [0.1, 0.15) is 18.4 Å². The van der Waals surface area contributed by atoms with Gasteiger partial charge in [0.1, 0.15) is 11.6 Å². The molecule has 0 spiro atoms. The lowest BCUT2D eigenvalue weighted by Gasteiger charge is -2.07. The van der Waals surface area contributed by atoms with E-state index >= 15 is 0 Å². The van der Waals surface area contributed by atoms with Gasteiger partial charge in [-0.2, -0.15) is 5.10 Å². The Morgan fingerprint density at radius 2 is 1.90 bits per heavy atom. The second-order valence-electron chi connectivity index (χ2n) is 4.94. The van der Waals surface area contributed by atoms with Crippen LogP contribution in [0.25, 0.3) is 0 Å². The normalized spacial score (nSPS) is 14.3. The van der Waals surface area contributed by atoms with Crippen LogP contribution in [0.15, 0.2) is 35.3 Å². The molecule has 3 rings (SSSR count). The molecular formula is C14H13F2N3O. The first-order valence-corrected chi connectivity index (χ1v) is 6.39. The first-order valence-electron chi connectivity index (χ1n) is 6.39. The molecule has 6 heteroatoms. The number of hydrogen-bond acceptors (Lipinski definition) is 3. The molecular weight excluding hydrogens is 264 g/mol. The molecule has 4 nitrogen and oxygen atoms in total. The molecule has 1 aliphatic rings. The van der Waals surface area contributed by atoms with Gasteiger partial charge in [0.25, 0.3) is 5.56 Å². The van der Waals surface area contributed by atoms with Gasteiger partial charge >= 0.3 is 0 Å². The number of halogens is 2. The summed E-state index contributed by atoms with van der Waals surface area (Å²) in [6.07, 6.45) is 3.76. The smallest absolute Gasteiger partial charge is 0.269 e. The maximum absolute atomic E-state index is 13.1. The Bertz CT molecular complexity index is 675. The maximum atomic E-state index is 13.1. The van der Waals surface area contributed by atoms with Crippen LogP contribution in [0.2, 0.25) is 0 Å². The van der Waals surface area contributed by atoms with E-state index in [1.54, 1.807) is 6.20 Å². The summed E-state index contributed by atoms with van der Waals surface area (Å²) in [4.78, 5) is 11.9. The quantitative estimate of drug-likeness (QED) is 0.931. The van der Waals surface area contributed by atoms with Gasteiger partial charge in [0.05, 0.1) is 18.4 Å². The molecule has 1 aromatic carbocycles. The minimum atomic E-state index is -0.667. The minimum Gasteiger partial charge on any atom is -0.381 e. The van der Waals surface area contributed by atoms with E-state index in [0.29, 0.717) is 17.3 Å². The van der Waals surface area contributed by atoms with Crippen LogP contribution >= 0.6 is 0 Å². The van der Waals surface area contributed by atoms with Gasteiger partial charge in [-0.15, -0.1) is 0 Å². The lowest BCUT2D eigenvalue weighted by atomic mass is 10.2. The highest BCUT2D eigenvalue weighted by Gasteiger charge is 2.21. The molecule has 0 bridgehead atoms. The van der Waals surface area contributed by atoms with Crippen LogP contribution in [0.3, 0.4) is 0 Å². The van der Waals surface area contributed by atoms with Gasteiger partial charge in [-0.05, 0) is 30.5 Å². The zero-order valence-corrected chi connectivity index (χ0v) is 10.6. The van der Waals surface area contributed by atoms with Gasteiger partial charge in [-0.1, -0.05) is 0 Å². The van der Waals surface area contributed by atoms with E-state index in [9.17, 15) is 13.6 Å². The van der Waals surface area contributed by atoms with E-state index in [0.717, 1.165) is 18.9 Å². The molecule has 0 amide bonds. The van der Waals surface area contributed by atoms with Crippen molar-refractivity contribution in [2.45, 2.75) is 25.4 Å². The highest BCUT2D eigenvalue weighted by molar-refractivity contribution is 5.41. The summed E-state index contributed by atoms with van der Waals surface area (Å²) in [6, 6.07) is 5.05. The Kier molecular flexibility index (Phi) is 3.22. The number of aromatic nitrogens is 2. The van der Waals surface area contributed by atoms with Crippen LogP contribution in [-0.4, -0.2) is 15.8 Å². The summed E-state index contributed by atoms with van der Waals surface area (Å²) < 4.78 is 27.3. The van der Waals surface area contributed by atoms with Crippen LogP contribution in [0, 0.1) is 11.6 Å². The third-order valence-electron chi connectivity index (χ3n) is 3.07. The van der Waals surface area contributed by atoms with Crippen molar-refractivity contribution in [1.29, 1.82) is 0 Å². The first kappa shape index (κ1) is 12.8. The Balaban J connectivity index is 1.81. The zero-order chi connectivity index (χ0) is 14.1. The molecule has 1 fully saturated rings. The Hall–Kier alpha value is -2.24. The summed E-state index contributed by atoms with van der Waals surface area (Å²) >= 11 is 0. The maximum Gasteiger partial charge on any atom is 0.269 e. The Morgan fingerprint density at radius 3 is 2.50 bits per heavy atom. The average Bonchev–Trinajstić information content (AvgIpc) is 3.15. The largest absolute Gasteiger partial charge is 0.381 e. The molecule has 0 radical (unpaired) electrons. The molecule has 0 atom stereocenters. The SMILES string of the molecule is O=c1cc(NC2CC2)cnn1Cc1cc(F)cc(F)c1. The molecule has 0 aliphatic heterocycles. The highest BCUT2D eigenvalue weighted by Crippen LogP contribution is 2.23. The van der Waals surface area contributed by atoms with Crippen molar-refractivity contribution in [3.05, 3.63) is 58.0 Å². The fourth-order valence-electron chi connectivity index (χ4n) is 1.97. The van der Waals surface area contributed by atoms with Crippen LogP contribution in [0.4, 0.5) is 14.5 Å². The molecule has 1 N–H and O–H groups in total. The molecule has 1 heterocycles. The topological polar surface area (TPSA) is 46.9 Å². The number of rotatable bonds is 4. The van der Waals surface area contributed by atoms with E-state index in [1.165, 1.54) is 22.9 Å². The Morgan fingerprint density at radius 1 is 1.20 bits per heavy atom. The predicted octanol–water partition coefficient (Wildman–Crippen LogP) is 2.14. The van der Waals surface area contributed by atoms with Gasteiger partial charge in [0.2, 0.25) is 0 Å². The molecule has 1 aromatic heterocycles. The molecule has 0 saturated heterocycles. The van der Waals surface area contributed by atoms with Crippen LogP contribution < -0.4 is 10.9 Å². The Labute approximate surface area is 114 Å². The third kappa shape index (κ3) is 3.01. The summed E-state index contributed by atoms with van der Waals surface area (Å²) in [7, 11) is 0. The van der Waals surface area contributed by atoms with Crippen molar-refractivity contribution in [1.82, 2.24) is 9.78 Å². The number of anilines is 1. The number of hydrogen-bond donors (Lipinski definition) is 1. The van der Waals surface area contributed by atoms with E-state index < -0.39 is 11.6 Å². The lowest BCUT2D eigenvalue weighted by Crippen LogP contribution is -2.23. The van der Waals surface area contributed by atoms with Crippen molar-refractivity contribution in [2.75, 3.05) is 5.32 Å². The molecule has 20 heavy (non-hydrogen) atoms. The lowest BCUT2D eigenvalue weighted by molar-refractivity contribution is 0.570. The van der Waals surface area contributed by atoms with Crippen molar-refractivity contribution < 1.29 is 8.78 Å². The van der Waals surface area contributed by atoms with Crippen molar-refractivity contribution in [3.63, 3.8) is 0 Å². The van der Waals surface area contributed by atoms with Gasteiger partial charge in [0.15, 0.2) is 0 Å². The molecule has 104 valence electrons. The van der Waals surface area contributed by atoms with Gasteiger partial charge < -0.3 is 5.32 Å². The van der Waals surface area contributed by atoms with Gasteiger partial charge in [-0.3, -0.25) is 4.79 Å². The second kappa shape index (κ2) is 5.03. The number of benzene rings is 1. The van der Waals surface area contributed by atoms with Gasteiger partial charge in [0, 0.05) is 18.2 Å². The molecule has 1 aliphatic carbocycles. The highest BCUT2D eigenvalue weighted by atomic mass is 19.1. The van der Waals surface area contributed by atoms with Crippen LogP contribution in [-0.2, 0) is 6.54 Å². The van der Waals surface area contributed by atoms with Crippen molar-refractivity contribution >= 4 is 5.69 Å². The number of nitrogens with zero attached hydrogens (tertiary/aromatic N) is 2. The predicted molar refractivity (Wildman–Crippen MR) is 70.6 cm³/mol. The molecule has 2 aromatic rings. The summed E-state index contributed by atoms with van der Waals surface area (Å²) in [5.74, 6) is -1.33. The monoisotopic (exact) mass is 277 g/mol. The van der Waals surface area contributed by atoms with E-state index in [4.69, 9.17) is 0 Å². The summed E-state index contributed by atoms with van der Waals surface area (Å²) in [5.41, 5.74) is 0.736. The molecule has 0 unspecified atom stereocenters. The van der Waals surface area contributed by atoms with E-state index in [-0.39, 0.29) is 12.1 Å². The van der Waals surface area contributed by atoms with Crippen molar-refractivity contribution in [2.24, 2.45) is 0 Å². The fourth-order valence-corrected chi connectivity index (χ4v) is 1.97. The minimum absolute atomic E-state index is 0.0389. The van der Waals surface area contributed by atoms with Crippen LogP contribution in [0.5, 0.6) is 0 Å². The van der Waals surface area contributed by atoms with Crippen molar-refractivity contribution in [3.8, 4) is 0 Å². The van der Waals surface area contributed by atoms with E-state index in [1.807, 2.05) is 0 Å². The third-order valence-corrected chi connectivity index (χ3v) is 3.07. The molecule has 1 saturated carbocycles. The zero-order valence-electron chi connectivity index (χ0n) is 10.6. The fraction of sp³-hybridized carbons (Fsp3) is 0.286. The van der Waals surface area contributed by atoms with Gasteiger partial charge in [-0.25, -0.2) is 13.5 Å². The first-order chi connectivity index (χ1) is 9.60. The average molecular weight is 277 g/mol. The number of nitrogens with one attached hydrogen (secondary N) is 1. The second-order valence-corrected chi connectivity index (χ2v) is 4.94. The standard InChI is InChI=1S/C14H13F2N3O/c15-10-3-9(4-11(16)5-10)8-19-14(20)6-13(7-17-19)18-12-1-2-12/h3-7,12,18H,1-2,8H2. The summed E-state index contributed by atoms with van der Waals surface area (Å²) in [5, 5.41) is 7.18.